The van der Waals surface area contributed by atoms with E-state index in [-0.39, 0.29) is 6.54 Å². The Labute approximate surface area is 117 Å². The van der Waals surface area contributed by atoms with E-state index in [0.29, 0.717) is 18.4 Å². The molecule has 0 heterocycles. The van der Waals surface area contributed by atoms with Crippen molar-refractivity contribution in [2.45, 2.75) is 30.6 Å². The number of benzene rings is 1. The van der Waals surface area contributed by atoms with Crippen molar-refractivity contribution in [3.8, 4) is 0 Å². The van der Waals surface area contributed by atoms with Crippen molar-refractivity contribution in [2.24, 2.45) is 0 Å². The number of alkyl halides is 1. The molecule has 0 radical (unpaired) electrons. The molecule has 0 atom stereocenters. The molecule has 0 fully saturated rings. The van der Waals surface area contributed by atoms with Crippen molar-refractivity contribution >= 4 is 21.6 Å². The first kappa shape index (κ1) is 16.3. The molecule has 108 valence electrons. The van der Waals surface area contributed by atoms with Gasteiger partial charge in [0.15, 0.2) is 0 Å². The maximum absolute atomic E-state index is 13.3. The average molecular weight is 312 g/mol. The first-order valence-electron chi connectivity index (χ1n) is 5.98. The van der Waals surface area contributed by atoms with Crippen molar-refractivity contribution < 1.29 is 17.2 Å². The highest BCUT2D eigenvalue weighted by Crippen LogP contribution is 2.15. The summed E-state index contributed by atoms with van der Waals surface area (Å²) in [6, 6.07) is 2.34. The van der Waals surface area contributed by atoms with E-state index in [4.69, 9.17) is 11.6 Å². The fourth-order valence-corrected chi connectivity index (χ4v) is 2.89. The molecule has 0 aromatic heterocycles. The lowest BCUT2D eigenvalue weighted by Crippen LogP contribution is -2.25. The maximum atomic E-state index is 13.3. The van der Waals surface area contributed by atoms with Crippen molar-refractivity contribution in [1.82, 2.24) is 4.72 Å². The number of nitrogens with one attached hydrogen (secondary N) is 1. The monoisotopic (exact) mass is 311 g/mol. The highest BCUT2D eigenvalue weighted by Gasteiger charge is 2.19. The first-order valence-corrected chi connectivity index (χ1v) is 8.00. The molecule has 1 N–H and O–H groups in total. The lowest BCUT2D eigenvalue weighted by atomic mass is 10.2. The Morgan fingerprint density at radius 2 is 1.79 bits per heavy atom. The summed E-state index contributed by atoms with van der Waals surface area (Å²) in [5, 5.41) is 0. The molecule has 0 aliphatic rings. The zero-order valence-electron chi connectivity index (χ0n) is 10.3. The second-order valence-electron chi connectivity index (χ2n) is 4.08. The highest BCUT2D eigenvalue weighted by molar-refractivity contribution is 7.89. The fraction of sp³-hybridized carbons (Fsp3) is 0.500. The molecule has 0 saturated carbocycles. The van der Waals surface area contributed by atoms with E-state index in [1.165, 1.54) is 0 Å². The van der Waals surface area contributed by atoms with Crippen LogP contribution in [0.25, 0.3) is 0 Å². The van der Waals surface area contributed by atoms with Crippen LogP contribution in [0.4, 0.5) is 8.78 Å². The van der Waals surface area contributed by atoms with E-state index in [1.54, 1.807) is 0 Å². The molecule has 1 rings (SSSR count). The van der Waals surface area contributed by atoms with E-state index in [1.807, 2.05) is 0 Å². The van der Waals surface area contributed by atoms with Crippen LogP contribution in [0, 0.1) is 11.6 Å². The predicted octanol–water partition coefficient (Wildman–Crippen LogP) is 3.04. The zero-order chi connectivity index (χ0) is 14.3. The normalized spacial score (nSPS) is 11.7. The molecular formula is C12H16ClF2NO2S. The Kier molecular flexibility index (Phi) is 6.68. The van der Waals surface area contributed by atoms with Crippen LogP contribution in [0.5, 0.6) is 0 Å². The van der Waals surface area contributed by atoms with Crippen molar-refractivity contribution in [2.75, 3.05) is 12.4 Å². The lowest BCUT2D eigenvalue weighted by molar-refractivity contribution is 0.543. The van der Waals surface area contributed by atoms with Gasteiger partial charge < -0.3 is 0 Å². The summed E-state index contributed by atoms with van der Waals surface area (Å²) < 4.78 is 52.0. The van der Waals surface area contributed by atoms with Gasteiger partial charge in [0.25, 0.3) is 0 Å². The van der Waals surface area contributed by atoms with Gasteiger partial charge in [-0.25, -0.2) is 21.9 Å². The maximum Gasteiger partial charge on any atom is 0.243 e. The van der Waals surface area contributed by atoms with Crippen LogP contribution in [-0.4, -0.2) is 20.8 Å². The standard InChI is InChI=1S/C12H16ClF2NO2S/c13-7-3-1-2-4-8-16-19(17,18)12-9-10(14)5-6-11(12)15/h5-6,9,16H,1-4,7-8H2. The molecule has 0 amide bonds. The first-order chi connectivity index (χ1) is 8.97. The van der Waals surface area contributed by atoms with Crippen molar-refractivity contribution in [3.05, 3.63) is 29.8 Å². The predicted molar refractivity (Wildman–Crippen MR) is 70.7 cm³/mol. The highest BCUT2D eigenvalue weighted by atomic mass is 35.5. The minimum absolute atomic E-state index is 0.195. The number of hydrogen-bond acceptors (Lipinski definition) is 2. The summed E-state index contributed by atoms with van der Waals surface area (Å²) in [6.07, 6.45) is 3.26. The summed E-state index contributed by atoms with van der Waals surface area (Å²) >= 11 is 5.51. The summed E-state index contributed by atoms with van der Waals surface area (Å²) in [7, 11) is -4.00. The number of unbranched alkanes of at least 4 members (excludes halogenated alkanes) is 3. The zero-order valence-corrected chi connectivity index (χ0v) is 11.9. The summed E-state index contributed by atoms with van der Waals surface area (Å²) in [6.45, 7) is 0.195. The van der Waals surface area contributed by atoms with Gasteiger partial charge in [0, 0.05) is 12.4 Å². The van der Waals surface area contributed by atoms with Crippen LogP contribution in [0.15, 0.2) is 23.1 Å². The Morgan fingerprint density at radius 1 is 1.11 bits per heavy atom. The minimum Gasteiger partial charge on any atom is -0.211 e. The molecule has 3 nitrogen and oxygen atoms in total. The second-order valence-corrected chi connectivity index (χ2v) is 6.19. The number of rotatable bonds is 8. The van der Waals surface area contributed by atoms with Crippen LogP contribution >= 0.6 is 11.6 Å². The largest absolute Gasteiger partial charge is 0.243 e. The van der Waals surface area contributed by atoms with Gasteiger partial charge in [-0.05, 0) is 31.0 Å². The van der Waals surface area contributed by atoms with E-state index >= 15 is 0 Å². The fourth-order valence-electron chi connectivity index (χ4n) is 1.54. The Balaban J connectivity index is 2.54. The van der Waals surface area contributed by atoms with Gasteiger partial charge >= 0.3 is 0 Å². The van der Waals surface area contributed by atoms with Gasteiger partial charge in [-0.2, -0.15) is 0 Å². The quantitative estimate of drug-likeness (QED) is 0.592. The van der Waals surface area contributed by atoms with Gasteiger partial charge in [0.1, 0.15) is 16.5 Å². The molecule has 7 heteroatoms. The molecular weight excluding hydrogens is 296 g/mol. The minimum atomic E-state index is -4.00. The van der Waals surface area contributed by atoms with Crippen LogP contribution in [0.1, 0.15) is 25.7 Å². The Hall–Kier alpha value is -0.720. The molecule has 0 bridgehead atoms. The molecule has 0 spiro atoms. The Morgan fingerprint density at radius 3 is 2.47 bits per heavy atom. The van der Waals surface area contributed by atoms with E-state index in [0.717, 1.165) is 31.4 Å². The van der Waals surface area contributed by atoms with Gasteiger partial charge in [-0.15, -0.1) is 11.6 Å². The Bertz CT molecular complexity index is 508. The third-order valence-corrected chi connectivity index (χ3v) is 4.28. The van der Waals surface area contributed by atoms with E-state index in [9.17, 15) is 17.2 Å². The molecule has 0 aliphatic carbocycles. The van der Waals surface area contributed by atoms with Gasteiger partial charge in [0.05, 0.1) is 0 Å². The van der Waals surface area contributed by atoms with Crippen LogP contribution < -0.4 is 4.72 Å². The topological polar surface area (TPSA) is 46.2 Å². The second kappa shape index (κ2) is 7.77. The number of halogens is 3. The molecule has 19 heavy (non-hydrogen) atoms. The van der Waals surface area contributed by atoms with Gasteiger partial charge in [0.2, 0.25) is 10.0 Å². The third-order valence-electron chi connectivity index (χ3n) is 2.54. The van der Waals surface area contributed by atoms with Crippen molar-refractivity contribution in [3.63, 3.8) is 0 Å². The van der Waals surface area contributed by atoms with Crippen LogP contribution in [0.3, 0.4) is 0 Å². The number of hydrogen-bond donors (Lipinski definition) is 1. The lowest BCUT2D eigenvalue weighted by Gasteiger charge is -2.07. The van der Waals surface area contributed by atoms with Gasteiger partial charge in [-0.3, -0.25) is 0 Å². The summed E-state index contributed by atoms with van der Waals surface area (Å²) in [5.74, 6) is -1.17. The van der Waals surface area contributed by atoms with Gasteiger partial charge in [-0.1, -0.05) is 12.8 Å². The summed E-state index contributed by atoms with van der Waals surface area (Å²) in [5.41, 5.74) is 0. The average Bonchev–Trinajstić information content (AvgIpc) is 2.36. The van der Waals surface area contributed by atoms with E-state index in [2.05, 4.69) is 4.72 Å². The molecule has 0 saturated heterocycles. The van der Waals surface area contributed by atoms with Crippen LogP contribution in [-0.2, 0) is 10.0 Å². The van der Waals surface area contributed by atoms with Crippen LogP contribution in [0.2, 0.25) is 0 Å². The number of sulfonamides is 1. The van der Waals surface area contributed by atoms with E-state index < -0.39 is 26.6 Å². The molecule has 1 aromatic rings. The molecule has 0 aliphatic heterocycles. The SMILES string of the molecule is O=S(=O)(NCCCCCCCl)c1cc(F)ccc1F. The molecule has 1 aromatic carbocycles. The molecule has 0 unspecified atom stereocenters. The smallest absolute Gasteiger partial charge is 0.211 e. The summed E-state index contributed by atoms with van der Waals surface area (Å²) in [4.78, 5) is -0.659. The third kappa shape index (κ3) is 5.42. The van der Waals surface area contributed by atoms with Crippen molar-refractivity contribution in [1.29, 1.82) is 0 Å².